The molecule has 0 spiro atoms. The quantitative estimate of drug-likeness (QED) is 0.128. The summed E-state index contributed by atoms with van der Waals surface area (Å²) in [5, 5.41) is 33.0. The lowest BCUT2D eigenvalue weighted by Crippen LogP contribution is -2.53. The molecule has 5 N–H and O–H groups in total. The van der Waals surface area contributed by atoms with Crippen LogP contribution in [0.4, 0.5) is 0 Å². The van der Waals surface area contributed by atoms with Crippen LogP contribution in [0.25, 0.3) is 0 Å². The van der Waals surface area contributed by atoms with Crippen LogP contribution in [-0.2, 0) is 33.6 Å². The Morgan fingerprint density at radius 3 is 1.52 bits per heavy atom. The predicted molar refractivity (Wildman–Crippen MR) is 145 cm³/mol. The summed E-state index contributed by atoms with van der Waals surface area (Å²) in [7, 11) is 0. The standard InChI is InChI=1S/C25H39N7O10/c1-18(25(42)27-14-19(33)26-4-5-32-20(34)2-3-21(32)35)31-12-10-29(16-23(38)39)8-6-28(15-22(36)37)7-9-30(11-13-31)17-24(40)41/h2-3,18H,4-17H2,1H3,(H,26,33)(H,27,42)(H,36,37)(H,38,39)(H,40,41). The van der Waals surface area contributed by atoms with Crippen LogP contribution in [0.1, 0.15) is 6.92 Å². The predicted octanol–water partition coefficient (Wildman–Crippen LogP) is -3.99. The number of imide groups is 1. The van der Waals surface area contributed by atoms with E-state index in [1.54, 1.807) is 26.5 Å². The Bertz CT molecular complexity index is 1000. The summed E-state index contributed by atoms with van der Waals surface area (Å²) >= 11 is 0. The van der Waals surface area contributed by atoms with E-state index in [9.17, 15) is 48.9 Å². The van der Waals surface area contributed by atoms with Gasteiger partial charge in [0.2, 0.25) is 11.8 Å². The Morgan fingerprint density at radius 1 is 0.714 bits per heavy atom. The van der Waals surface area contributed by atoms with Crippen LogP contribution in [0.2, 0.25) is 0 Å². The second kappa shape index (κ2) is 17.1. The first-order chi connectivity index (χ1) is 19.8. The number of carbonyl (C=O) groups excluding carboxylic acids is 4. The average Bonchev–Trinajstić information content (AvgIpc) is 3.22. The number of carbonyl (C=O) groups is 7. The zero-order chi connectivity index (χ0) is 31.2. The van der Waals surface area contributed by atoms with Crippen molar-refractivity contribution < 1.29 is 48.9 Å². The molecule has 0 saturated carbocycles. The van der Waals surface area contributed by atoms with Gasteiger partial charge in [0.25, 0.3) is 11.8 Å². The molecule has 0 radical (unpaired) electrons. The number of carboxylic acids is 3. The SMILES string of the molecule is CC(C(=O)NCC(=O)NCCN1C(=O)C=CC1=O)N1CCN(CC(=O)O)CCN(CC(=O)O)CCN(CC(=O)O)CC1. The smallest absolute Gasteiger partial charge is 0.317 e. The van der Waals surface area contributed by atoms with Crippen molar-refractivity contribution >= 4 is 41.5 Å². The molecule has 0 bridgehead atoms. The summed E-state index contributed by atoms with van der Waals surface area (Å²) in [4.78, 5) is 90.2. The molecule has 0 aromatic rings. The topological polar surface area (TPSA) is 220 Å². The fourth-order valence-corrected chi connectivity index (χ4v) is 4.49. The van der Waals surface area contributed by atoms with Crippen molar-refractivity contribution in [1.29, 1.82) is 0 Å². The number of carboxylic acid groups (broad SMARTS) is 3. The average molecular weight is 598 g/mol. The maximum atomic E-state index is 12.9. The number of amides is 4. The third kappa shape index (κ3) is 12.3. The highest BCUT2D eigenvalue weighted by molar-refractivity contribution is 6.12. The molecule has 2 heterocycles. The van der Waals surface area contributed by atoms with Gasteiger partial charge in [-0.1, -0.05) is 0 Å². The summed E-state index contributed by atoms with van der Waals surface area (Å²) in [5.41, 5.74) is 0. The fourth-order valence-electron chi connectivity index (χ4n) is 4.49. The maximum Gasteiger partial charge on any atom is 0.317 e. The highest BCUT2D eigenvalue weighted by Gasteiger charge is 2.26. The monoisotopic (exact) mass is 597 g/mol. The van der Waals surface area contributed by atoms with Crippen LogP contribution >= 0.6 is 0 Å². The van der Waals surface area contributed by atoms with Gasteiger partial charge in [-0.3, -0.25) is 58.1 Å². The van der Waals surface area contributed by atoms with Crippen molar-refractivity contribution in [2.45, 2.75) is 13.0 Å². The first-order valence-corrected chi connectivity index (χ1v) is 13.5. The third-order valence-corrected chi connectivity index (χ3v) is 6.86. The first-order valence-electron chi connectivity index (χ1n) is 13.5. The number of aliphatic carboxylic acids is 3. The Balaban J connectivity index is 2.00. The highest BCUT2D eigenvalue weighted by Crippen LogP contribution is 2.06. The molecule has 0 aromatic heterocycles. The van der Waals surface area contributed by atoms with E-state index in [4.69, 9.17) is 0 Å². The molecule has 2 rings (SSSR count). The summed E-state index contributed by atoms with van der Waals surface area (Å²) in [6, 6.07) is -0.756. The lowest BCUT2D eigenvalue weighted by Gasteiger charge is -2.35. The first kappa shape index (κ1) is 34.3. The van der Waals surface area contributed by atoms with Gasteiger partial charge in [-0.2, -0.15) is 0 Å². The van der Waals surface area contributed by atoms with Crippen molar-refractivity contribution in [3.8, 4) is 0 Å². The normalized spacial score (nSPS) is 19.1. The Kier molecular flexibility index (Phi) is 14.0. The molecule has 1 unspecified atom stereocenters. The van der Waals surface area contributed by atoms with Gasteiger partial charge in [0.05, 0.1) is 32.2 Å². The third-order valence-electron chi connectivity index (χ3n) is 6.86. The number of hydrogen-bond donors (Lipinski definition) is 5. The Morgan fingerprint density at radius 2 is 1.12 bits per heavy atom. The van der Waals surface area contributed by atoms with Gasteiger partial charge < -0.3 is 26.0 Å². The van der Waals surface area contributed by atoms with Crippen LogP contribution in [0, 0.1) is 0 Å². The Hall–Kier alpha value is -3.93. The van der Waals surface area contributed by atoms with Crippen LogP contribution < -0.4 is 10.6 Å². The minimum atomic E-state index is -1.06. The molecule has 2 aliphatic rings. The van der Waals surface area contributed by atoms with Gasteiger partial charge in [0.1, 0.15) is 0 Å². The second-order valence-electron chi connectivity index (χ2n) is 9.95. The van der Waals surface area contributed by atoms with E-state index in [1.165, 1.54) is 0 Å². The lowest BCUT2D eigenvalue weighted by molar-refractivity contribution is -0.140. The van der Waals surface area contributed by atoms with Gasteiger partial charge >= 0.3 is 17.9 Å². The zero-order valence-corrected chi connectivity index (χ0v) is 23.6. The molecule has 17 nitrogen and oxygen atoms in total. The van der Waals surface area contributed by atoms with Gasteiger partial charge in [0, 0.05) is 77.6 Å². The van der Waals surface area contributed by atoms with E-state index in [0.29, 0.717) is 0 Å². The number of hydrogen-bond acceptors (Lipinski definition) is 11. The summed E-state index contributed by atoms with van der Waals surface area (Å²) < 4.78 is 0. The van der Waals surface area contributed by atoms with E-state index >= 15 is 0 Å². The molecule has 234 valence electrons. The van der Waals surface area contributed by atoms with Gasteiger partial charge in [-0.25, -0.2) is 0 Å². The second-order valence-corrected chi connectivity index (χ2v) is 9.95. The Labute approximate surface area is 242 Å². The van der Waals surface area contributed by atoms with Gasteiger partial charge in [0.15, 0.2) is 0 Å². The van der Waals surface area contributed by atoms with Crippen molar-refractivity contribution in [2.24, 2.45) is 0 Å². The van der Waals surface area contributed by atoms with E-state index in [0.717, 1.165) is 17.1 Å². The summed E-state index contributed by atoms with van der Waals surface area (Å²) in [6.45, 7) is 2.41. The lowest BCUT2D eigenvalue weighted by atomic mass is 10.2. The van der Waals surface area contributed by atoms with Gasteiger partial charge in [-0.15, -0.1) is 0 Å². The van der Waals surface area contributed by atoms with Crippen molar-refractivity contribution in [3.05, 3.63) is 12.2 Å². The molecule has 0 aliphatic carbocycles. The maximum absolute atomic E-state index is 12.9. The number of nitrogens with one attached hydrogen (secondary N) is 2. The molecule has 17 heteroatoms. The molecule has 42 heavy (non-hydrogen) atoms. The van der Waals surface area contributed by atoms with Gasteiger partial charge in [-0.05, 0) is 6.92 Å². The molecule has 0 aromatic carbocycles. The number of nitrogens with zero attached hydrogens (tertiary/aromatic N) is 5. The van der Waals surface area contributed by atoms with Crippen molar-refractivity contribution in [1.82, 2.24) is 35.1 Å². The van der Waals surface area contributed by atoms with E-state index in [2.05, 4.69) is 10.6 Å². The van der Waals surface area contributed by atoms with Crippen LogP contribution in [0.3, 0.4) is 0 Å². The molecular formula is C25H39N7O10. The highest BCUT2D eigenvalue weighted by atomic mass is 16.4. The molecule has 1 saturated heterocycles. The van der Waals surface area contributed by atoms with E-state index in [1.807, 2.05) is 0 Å². The molecule has 2 aliphatic heterocycles. The molecule has 1 atom stereocenters. The zero-order valence-electron chi connectivity index (χ0n) is 23.6. The minimum absolute atomic E-state index is 0.0116. The van der Waals surface area contributed by atoms with Crippen molar-refractivity contribution in [2.75, 3.05) is 91.6 Å². The van der Waals surface area contributed by atoms with E-state index in [-0.39, 0.29) is 91.6 Å². The molecule has 4 amide bonds. The molecular weight excluding hydrogens is 558 g/mol. The summed E-state index contributed by atoms with van der Waals surface area (Å²) in [5.74, 6) is -5.11. The van der Waals surface area contributed by atoms with Crippen LogP contribution in [0.5, 0.6) is 0 Å². The summed E-state index contributed by atoms with van der Waals surface area (Å²) in [6.07, 6.45) is 2.28. The van der Waals surface area contributed by atoms with Crippen LogP contribution in [-0.4, -0.2) is 179 Å². The van der Waals surface area contributed by atoms with E-state index < -0.39 is 47.6 Å². The molecule has 1 fully saturated rings. The number of rotatable bonds is 13. The van der Waals surface area contributed by atoms with Crippen LogP contribution in [0.15, 0.2) is 12.2 Å². The minimum Gasteiger partial charge on any atom is -0.480 e. The largest absolute Gasteiger partial charge is 0.480 e. The fraction of sp³-hybridized carbons (Fsp3) is 0.640. The van der Waals surface area contributed by atoms with Crippen molar-refractivity contribution in [3.63, 3.8) is 0 Å².